The van der Waals surface area contributed by atoms with Crippen molar-refractivity contribution in [1.29, 1.82) is 0 Å². The number of hydrogen-bond acceptors (Lipinski definition) is 7. The first-order valence-corrected chi connectivity index (χ1v) is 12.3. The molecule has 1 heterocycles. The Morgan fingerprint density at radius 3 is 2.61 bits per heavy atom. The Balaban J connectivity index is 1.75. The monoisotopic (exact) mass is 478 g/mol. The number of sulfonamides is 1. The summed E-state index contributed by atoms with van der Waals surface area (Å²) in [6.45, 7) is 3.47. The molecule has 0 saturated heterocycles. The van der Waals surface area contributed by atoms with Crippen LogP contribution in [0.3, 0.4) is 0 Å². The van der Waals surface area contributed by atoms with Crippen LogP contribution in [0.2, 0.25) is 0 Å². The summed E-state index contributed by atoms with van der Waals surface area (Å²) >= 11 is 0. The lowest BCUT2D eigenvalue weighted by Gasteiger charge is -2.29. The van der Waals surface area contributed by atoms with E-state index in [9.17, 15) is 18.0 Å². The van der Waals surface area contributed by atoms with Crippen LogP contribution in [0, 0.1) is 12.8 Å². The molecule has 1 aliphatic rings. The van der Waals surface area contributed by atoms with Crippen molar-refractivity contribution in [2.75, 3.05) is 26.0 Å². The highest BCUT2D eigenvalue weighted by Crippen LogP contribution is 2.29. The minimum Gasteiger partial charge on any atom is -0.495 e. The van der Waals surface area contributed by atoms with Gasteiger partial charge in [-0.2, -0.15) is 0 Å². The molecule has 33 heavy (non-hydrogen) atoms. The summed E-state index contributed by atoms with van der Waals surface area (Å²) in [6.07, 6.45) is 3.78. The number of ether oxygens (including phenoxy) is 1. The zero-order valence-corrected chi connectivity index (χ0v) is 20.1. The van der Waals surface area contributed by atoms with Gasteiger partial charge in [-0.3, -0.25) is 9.59 Å². The largest absolute Gasteiger partial charge is 0.495 e. The molecule has 1 aromatic carbocycles. The summed E-state index contributed by atoms with van der Waals surface area (Å²) in [4.78, 5) is 26.2. The van der Waals surface area contributed by atoms with E-state index in [1.165, 1.54) is 37.3 Å². The number of hydrogen-bond donors (Lipinski definition) is 2. The molecular weight excluding hydrogens is 448 g/mol. The van der Waals surface area contributed by atoms with Gasteiger partial charge in [0.05, 0.1) is 13.7 Å². The molecule has 2 amide bonds. The number of likely N-dealkylation sites (N-methyl/N-ethyl adjacent to an activating group) is 1. The summed E-state index contributed by atoms with van der Waals surface area (Å²) < 4.78 is 39.2. The number of amides is 2. The number of aryl methyl sites for hydroxylation is 1. The fourth-order valence-corrected chi connectivity index (χ4v) is 5.46. The second kappa shape index (κ2) is 10.3. The molecule has 11 heteroatoms. The first-order valence-electron chi connectivity index (χ1n) is 10.8. The number of nitrogens with zero attached hydrogens (tertiary/aromatic N) is 2. The van der Waals surface area contributed by atoms with Crippen molar-refractivity contribution in [2.24, 2.45) is 5.92 Å². The Morgan fingerprint density at radius 1 is 1.24 bits per heavy atom. The van der Waals surface area contributed by atoms with E-state index >= 15 is 0 Å². The van der Waals surface area contributed by atoms with Gasteiger partial charge in [-0.05, 0) is 43.9 Å². The Labute approximate surface area is 193 Å². The van der Waals surface area contributed by atoms with E-state index in [-0.39, 0.29) is 40.5 Å². The Kier molecular flexibility index (Phi) is 7.75. The van der Waals surface area contributed by atoms with Crippen LogP contribution in [-0.2, 0) is 14.8 Å². The van der Waals surface area contributed by atoms with Gasteiger partial charge in [0.1, 0.15) is 16.4 Å². The van der Waals surface area contributed by atoms with Crippen LogP contribution in [0.25, 0.3) is 0 Å². The van der Waals surface area contributed by atoms with Crippen molar-refractivity contribution in [3.05, 3.63) is 35.6 Å². The maximum Gasteiger partial charge on any atom is 0.254 e. The second-order valence-electron chi connectivity index (χ2n) is 8.39. The van der Waals surface area contributed by atoms with Crippen molar-refractivity contribution in [2.45, 2.75) is 50.5 Å². The van der Waals surface area contributed by atoms with Gasteiger partial charge >= 0.3 is 0 Å². The van der Waals surface area contributed by atoms with Crippen LogP contribution in [0.1, 0.15) is 48.7 Å². The van der Waals surface area contributed by atoms with Gasteiger partial charge in [-0.15, -0.1) is 0 Å². The van der Waals surface area contributed by atoms with Gasteiger partial charge in [-0.1, -0.05) is 24.9 Å². The van der Waals surface area contributed by atoms with E-state index in [1.807, 2.05) is 6.92 Å². The van der Waals surface area contributed by atoms with E-state index in [0.717, 1.165) is 25.7 Å². The van der Waals surface area contributed by atoms with E-state index in [1.54, 1.807) is 13.0 Å². The molecule has 1 aliphatic carbocycles. The third kappa shape index (κ3) is 6.11. The normalized spacial score (nSPS) is 18.5. The number of aromatic nitrogens is 1. The van der Waals surface area contributed by atoms with Crippen LogP contribution >= 0.6 is 0 Å². The molecule has 0 bridgehead atoms. The molecule has 1 aromatic heterocycles. The molecule has 2 aromatic rings. The van der Waals surface area contributed by atoms with Gasteiger partial charge in [-0.25, -0.2) is 13.1 Å². The van der Waals surface area contributed by atoms with E-state index in [2.05, 4.69) is 15.2 Å². The maximum atomic E-state index is 13.2. The van der Waals surface area contributed by atoms with E-state index < -0.39 is 21.8 Å². The van der Waals surface area contributed by atoms with Crippen molar-refractivity contribution in [3.63, 3.8) is 0 Å². The van der Waals surface area contributed by atoms with Crippen molar-refractivity contribution in [1.82, 2.24) is 14.8 Å². The molecular formula is C22H30N4O6S. The first-order chi connectivity index (χ1) is 15.6. The molecule has 0 unspecified atom stereocenters. The molecule has 0 radical (unpaired) electrons. The van der Waals surface area contributed by atoms with Gasteiger partial charge in [0.2, 0.25) is 15.9 Å². The number of anilines is 1. The lowest BCUT2D eigenvalue weighted by atomic mass is 9.87. The molecule has 180 valence electrons. The molecule has 1 saturated carbocycles. The van der Waals surface area contributed by atoms with Gasteiger partial charge in [0, 0.05) is 24.7 Å². The Bertz CT molecular complexity index is 1110. The van der Waals surface area contributed by atoms with Gasteiger partial charge < -0.3 is 19.5 Å². The summed E-state index contributed by atoms with van der Waals surface area (Å²) in [7, 11) is -1.09. The third-order valence-electron chi connectivity index (χ3n) is 5.74. The first kappa shape index (κ1) is 24.7. The predicted molar refractivity (Wildman–Crippen MR) is 122 cm³/mol. The minimum absolute atomic E-state index is 0.107. The molecule has 0 aliphatic heterocycles. The maximum absolute atomic E-state index is 13.2. The average Bonchev–Trinajstić information content (AvgIpc) is 3.18. The van der Waals surface area contributed by atoms with Crippen LogP contribution in [0.5, 0.6) is 5.75 Å². The third-order valence-corrected chi connectivity index (χ3v) is 7.25. The lowest BCUT2D eigenvalue weighted by molar-refractivity contribution is -0.116. The smallest absolute Gasteiger partial charge is 0.254 e. The van der Waals surface area contributed by atoms with Crippen molar-refractivity contribution >= 4 is 27.7 Å². The summed E-state index contributed by atoms with van der Waals surface area (Å²) in [5.74, 6) is 0.184. The number of methoxy groups -OCH3 is 1. The summed E-state index contributed by atoms with van der Waals surface area (Å²) in [6, 6.07) is 5.59. The Hall–Kier alpha value is -2.92. The lowest BCUT2D eigenvalue weighted by Crippen LogP contribution is -2.41. The molecule has 1 fully saturated rings. The molecule has 3 rings (SSSR count). The quantitative estimate of drug-likeness (QED) is 0.596. The van der Waals surface area contributed by atoms with Crippen LogP contribution in [0.15, 0.2) is 33.7 Å². The van der Waals surface area contributed by atoms with Crippen molar-refractivity contribution < 1.29 is 27.3 Å². The Morgan fingerprint density at radius 2 is 1.97 bits per heavy atom. The van der Waals surface area contributed by atoms with Crippen LogP contribution in [0.4, 0.5) is 5.82 Å². The highest BCUT2D eigenvalue weighted by Gasteiger charge is 2.29. The highest BCUT2D eigenvalue weighted by atomic mass is 32.2. The molecule has 0 spiro atoms. The number of carbonyl (C=O) groups is 2. The predicted octanol–water partition coefficient (Wildman–Crippen LogP) is 2.56. The fraction of sp³-hybridized carbons (Fsp3) is 0.500. The molecule has 2 atom stereocenters. The van der Waals surface area contributed by atoms with Crippen molar-refractivity contribution in [3.8, 4) is 5.75 Å². The topological polar surface area (TPSA) is 131 Å². The summed E-state index contributed by atoms with van der Waals surface area (Å²) in [5.41, 5.74) is 0.125. The average molecular weight is 479 g/mol. The zero-order valence-electron chi connectivity index (χ0n) is 19.3. The molecule has 2 N–H and O–H groups in total. The van der Waals surface area contributed by atoms with Crippen LogP contribution in [-0.4, -0.2) is 57.0 Å². The SMILES string of the molecule is COc1ccc(C(=O)N(C)CC(=O)Nc2cc(C)on2)cc1S(=O)(=O)N[C@@H]1CCCC[C@@H]1C. The van der Waals surface area contributed by atoms with Gasteiger partial charge in [0.25, 0.3) is 5.91 Å². The van der Waals surface area contributed by atoms with E-state index in [4.69, 9.17) is 9.26 Å². The van der Waals surface area contributed by atoms with Crippen LogP contribution < -0.4 is 14.8 Å². The second-order valence-corrected chi connectivity index (χ2v) is 10.1. The summed E-state index contributed by atoms with van der Waals surface area (Å²) in [5, 5.41) is 6.22. The number of carbonyl (C=O) groups excluding carboxylic acids is 2. The minimum atomic E-state index is -3.92. The fourth-order valence-electron chi connectivity index (χ4n) is 3.89. The standard InChI is InChI=1S/C22H30N4O6S/c1-14-7-5-6-8-17(14)25-33(29,30)19-12-16(9-10-18(19)31-4)22(28)26(3)13-21(27)23-20-11-15(2)32-24-20/h9-12,14,17,25H,5-8,13H2,1-4H3,(H,23,24,27)/t14-,17+/m0/s1. The number of rotatable bonds is 8. The molecule has 10 nitrogen and oxygen atoms in total. The zero-order chi connectivity index (χ0) is 24.2. The number of nitrogens with one attached hydrogen (secondary N) is 2. The number of benzene rings is 1. The van der Waals surface area contributed by atoms with Gasteiger partial charge in [0.15, 0.2) is 5.82 Å². The highest BCUT2D eigenvalue weighted by molar-refractivity contribution is 7.89. The van der Waals surface area contributed by atoms with E-state index in [0.29, 0.717) is 5.76 Å².